The minimum atomic E-state index is -1.14. The predicted molar refractivity (Wildman–Crippen MR) is 96.0 cm³/mol. The fraction of sp³-hybridized carbons (Fsp3) is 0.438. The van der Waals surface area contributed by atoms with Crippen LogP contribution in [0, 0.1) is 0 Å². The average Bonchev–Trinajstić information content (AvgIpc) is 3.09. The molecule has 10 nitrogen and oxygen atoms in total. The number of hydrogen-bond acceptors (Lipinski definition) is 7. The first-order chi connectivity index (χ1) is 12.5. The van der Waals surface area contributed by atoms with Crippen LogP contribution in [0.3, 0.4) is 0 Å². The summed E-state index contributed by atoms with van der Waals surface area (Å²) in [6.45, 7) is 4.32. The molecule has 11 heteroatoms. The normalized spacial score (nSPS) is 16.6. The zero-order valence-electron chi connectivity index (χ0n) is 15.0. The Hall–Kier alpha value is -2.95. The summed E-state index contributed by atoms with van der Waals surface area (Å²) in [6.07, 6.45) is -1.39. The van der Waals surface area contributed by atoms with Crippen LogP contribution in [0.5, 0.6) is 0 Å². The summed E-state index contributed by atoms with van der Waals surface area (Å²) < 4.78 is 5.01. The van der Waals surface area contributed by atoms with E-state index in [0.717, 1.165) is 16.2 Å². The molecule has 2 heterocycles. The number of rotatable bonds is 7. The lowest BCUT2D eigenvalue weighted by molar-refractivity contribution is -0.153. The van der Waals surface area contributed by atoms with Crippen molar-refractivity contribution in [1.29, 1.82) is 0 Å². The van der Waals surface area contributed by atoms with Crippen LogP contribution < -0.4 is 16.4 Å². The van der Waals surface area contributed by atoms with Crippen LogP contribution in [0.25, 0.3) is 0 Å². The zero-order chi connectivity index (χ0) is 20.4. The van der Waals surface area contributed by atoms with Crippen molar-refractivity contribution in [3.8, 4) is 0 Å². The number of thiophene rings is 1. The van der Waals surface area contributed by atoms with Crippen molar-refractivity contribution in [3.63, 3.8) is 0 Å². The summed E-state index contributed by atoms with van der Waals surface area (Å²) in [4.78, 5) is 60.0. The van der Waals surface area contributed by atoms with E-state index in [2.05, 4.69) is 10.6 Å². The van der Waals surface area contributed by atoms with Crippen molar-refractivity contribution in [3.05, 3.63) is 17.0 Å². The van der Waals surface area contributed by atoms with Gasteiger partial charge in [0.05, 0.1) is 12.0 Å². The maximum atomic E-state index is 12.1. The number of hydrogen-bond donors (Lipinski definition) is 3. The standard InChI is InChI=1S/C16H20N4O6S/c1-8(12(23)18-13-9(11(17)22)5-7-27-13)26-10(21)4-6-20-14(24)16(2,3)19-15(20)25/h5,7-8H,4,6H2,1-3H3,(H2,17,22)(H,18,23)(H,19,25). The van der Waals surface area contributed by atoms with Gasteiger partial charge in [-0.3, -0.25) is 24.1 Å². The van der Waals surface area contributed by atoms with Crippen molar-refractivity contribution >= 4 is 46.1 Å². The molecule has 4 N–H and O–H groups in total. The molecule has 1 unspecified atom stereocenters. The molecule has 2 rings (SSSR count). The Kier molecular flexibility index (Phi) is 5.84. The molecular weight excluding hydrogens is 376 g/mol. The number of primary amides is 1. The number of nitrogens with one attached hydrogen (secondary N) is 2. The Labute approximate surface area is 159 Å². The van der Waals surface area contributed by atoms with E-state index in [-0.39, 0.29) is 23.5 Å². The predicted octanol–water partition coefficient (Wildman–Crippen LogP) is 0.438. The van der Waals surface area contributed by atoms with Crippen molar-refractivity contribution in [2.24, 2.45) is 5.73 Å². The van der Waals surface area contributed by atoms with Crippen molar-refractivity contribution in [2.75, 3.05) is 11.9 Å². The van der Waals surface area contributed by atoms with Gasteiger partial charge in [-0.2, -0.15) is 0 Å². The monoisotopic (exact) mass is 396 g/mol. The van der Waals surface area contributed by atoms with Crippen molar-refractivity contribution in [1.82, 2.24) is 10.2 Å². The second-order valence-electron chi connectivity index (χ2n) is 6.41. The van der Waals surface area contributed by atoms with Gasteiger partial charge in [0.2, 0.25) is 0 Å². The number of carbonyl (C=O) groups excluding carboxylic acids is 5. The van der Waals surface area contributed by atoms with E-state index >= 15 is 0 Å². The summed E-state index contributed by atoms with van der Waals surface area (Å²) in [5.41, 5.74) is 4.34. The van der Waals surface area contributed by atoms with Crippen LogP contribution in [0.2, 0.25) is 0 Å². The third-order valence-corrected chi connectivity index (χ3v) is 4.66. The van der Waals surface area contributed by atoms with Crippen molar-refractivity contribution < 1.29 is 28.7 Å². The molecule has 1 atom stereocenters. The van der Waals surface area contributed by atoms with E-state index < -0.39 is 41.4 Å². The van der Waals surface area contributed by atoms with Crippen LogP contribution in [0.15, 0.2) is 11.4 Å². The molecule has 27 heavy (non-hydrogen) atoms. The van der Waals surface area contributed by atoms with E-state index in [1.807, 2.05) is 0 Å². The first kappa shape index (κ1) is 20.4. The fourth-order valence-corrected chi connectivity index (χ4v) is 3.14. The Morgan fingerprint density at radius 1 is 1.37 bits per heavy atom. The first-order valence-corrected chi connectivity index (χ1v) is 8.92. The van der Waals surface area contributed by atoms with Gasteiger partial charge in [0.15, 0.2) is 6.10 Å². The number of nitrogens with two attached hydrogens (primary N) is 1. The number of nitrogens with zero attached hydrogens (tertiary/aromatic N) is 1. The Balaban J connectivity index is 1.85. The van der Waals surface area contributed by atoms with Gasteiger partial charge in [0, 0.05) is 6.54 Å². The molecule has 5 amide bonds. The maximum absolute atomic E-state index is 12.1. The number of anilines is 1. The number of amides is 5. The number of imide groups is 1. The van der Waals surface area contributed by atoms with Gasteiger partial charge in [-0.1, -0.05) is 0 Å². The maximum Gasteiger partial charge on any atom is 0.325 e. The zero-order valence-corrected chi connectivity index (χ0v) is 15.8. The highest BCUT2D eigenvalue weighted by Crippen LogP contribution is 2.23. The number of carbonyl (C=O) groups is 5. The molecule has 146 valence electrons. The molecule has 1 aromatic heterocycles. The minimum absolute atomic E-state index is 0.155. The average molecular weight is 396 g/mol. The van der Waals surface area contributed by atoms with Gasteiger partial charge in [0.25, 0.3) is 17.7 Å². The first-order valence-electron chi connectivity index (χ1n) is 8.04. The highest BCUT2D eigenvalue weighted by Gasteiger charge is 2.44. The molecular formula is C16H20N4O6S. The minimum Gasteiger partial charge on any atom is -0.452 e. The second kappa shape index (κ2) is 7.74. The second-order valence-corrected chi connectivity index (χ2v) is 7.33. The van der Waals surface area contributed by atoms with Crippen LogP contribution in [-0.2, 0) is 19.1 Å². The summed E-state index contributed by atoms with van der Waals surface area (Å²) in [6, 6.07) is 0.888. The fourth-order valence-electron chi connectivity index (χ4n) is 2.35. The van der Waals surface area contributed by atoms with Gasteiger partial charge in [-0.25, -0.2) is 4.79 Å². The van der Waals surface area contributed by atoms with Gasteiger partial charge in [-0.05, 0) is 32.2 Å². The summed E-state index contributed by atoms with van der Waals surface area (Å²) in [5, 5.41) is 6.82. The Morgan fingerprint density at radius 2 is 2.04 bits per heavy atom. The lowest BCUT2D eigenvalue weighted by Gasteiger charge is -2.16. The number of esters is 1. The molecule has 0 radical (unpaired) electrons. The summed E-state index contributed by atoms with van der Waals surface area (Å²) >= 11 is 1.11. The molecule has 0 aromatic carbocycles. The number of urea groups is 1. The summed E-state index contributed by atoms with van der Waals surface area (Å²) in [5.74, 6) is -2.51. The van der Waals surface area contributed by atoms with Gasteiger partial charge in [-0.15, -0.1) is 11.3 Å². The largest absolute Gasteiger partial charge is 0.452 e. The highest BCUT2D eigenvalue weighted by molar-refractivity contribution is 7.14. The van der Waals surface area contributed by atoms with E-state index in [1.165, 1.54) is 13.0 Å². The lowest BCUT2D eigenvalue weighted by Crippen LogP contribution is -2.40. The molecule has 0 saturated carbocycles. The van der Waals surface area contributed by atoms with Gasteiger partial charge >= 0.3 is 12.0 Å². The van der Waals surface area contributed by atoms with Gasteiger partial charge < -0.3 is 21.1 Å². The van der Waals surface area contributed by atoms with E-state index in [4.69, 9.17) is 10.5 Å². The number of ether oxygens (including phenoxy) is 1. The molecule has 0 bridgehead atoms. The van der Waals surface area contributed by atoms with Gasteiger partial charge in [0.1, 0.15) is 10.5 Å². The van der Waals surface area contributed by atoms with Crippen LogP contribution in [0.1, 0.15) is 37.6 Å². The molecule has 1 saturated heterocycles. The quantitative estimate of drug-likeness (QED) is 0.450. The summed E-state index contributed by atoms with van der Waals surface area (Å²) in [7, 11) is 0. The molecule has 1 aliphatic rings. The Morgan fingerprint density at radius 3 is 2.59 bits per heavy atom. The van der Waals surface area contributed by atoms with E-state index in [1.54, 1.807) is 19.2 Å². The lowest BCUT2D eigenvalue weighted by atomic mass is 10.1. The molecule has 1 fully saturated rings. The highest BCUT2D eigenvalue weighted by atomic mass is 32.1. The van der Waals surface area contributed by atoms with Crippen molar-refractivity contribution in [2.45, 2.75) is 38.8 Å². The third-order valence-electron chi connectivity index (χ3n) is 3.83. The third kappa shape index (κ3) is 4.61. The molecule has 0 spiro atoms. The molecule has 1 aromatic rings. The van der Waals surface area contributed by atoms with E-state index in [0.29, 0.717) is 0 Å². The SMILES string of the molecule is CC(OC(=O)CCN1C(=O)NC(C)(C)C1=O)C(=O)Nc1sccc1C(N)=O. The molecule has 0 aliphatic carbocycles. The van der Waals surface area contributed by atoms with E-state index in [9.17, 15) is 24.0 Å². The smallest absolute Gasteiger partial charge is 0.325 e. The molecule has 1 aliphatic heterocycles. The van der Waals surface area contributed by atoms with Crippen LogP contribution in [0.4, 0.5) is 9.80 Å². The Bertz CT molecular complexity index is 803. The van der Waals surface area contributed by atoms with Crippen LogP contribution in [-0.4, -0.2) is 52.8 Å². The topological polar surface area (TPSA) is 148 Å². The van der Waals surface area contributed by atoms with Crippen LogP contribution >= 0.6 is 11.3 Å².